The van der Waals surface area contributed by atoms with Gasteiger partial charge in [-0.05, 0) is 24.3 Å². The molecule has 0 aliphatic rings. The van der Waals surface area contributed by atoms with Crippen molar-refractivity contribution in [3.63, 3.8) is 0 Å². The van der Waals surface area contributed by atoms with Crippen LogP contribution in [0.1, 0.15) is 20.7 Å². The topological polar surface area (TPSA) is 52.6 Å². The van der Waals surface area contributed by atoms with E-state index in [-0.39, 0.29) is 18.9 Å². The van der Waals surface area contributed by atoms with Gasteiger partial charge in [0, 0.05) is 0 Å². The number of benzene rings is 1. The Morgan fingerprint density at radius 3 is 1.33 bits per heavy atom. The van der Waals surface area contributed by atoms with Crippen LogP contribution in [-0.4, -0.2) is 45.0 Å². The first kappa shape index (κ1) is 13.8. The Labute approximate surface area is 99.7 Å². The average Bonchev–Trinajstić information content (AvgIpc) is 2.27. The molecule has 5 heteroatoms. The Kier molecular flexibility index (Phi) is 5.76. The zero-order valence-corrected chi connectivity index (χ0v) is 7.94. The third kappa shape index (κ3) is 3.43. The van der Waals surface area contributed by atoms with Crippen LogP contribution < -0.4 is 0 Å². The number of hydrogen-bond acceptors (Lipinski definition) is 4. The van der Waals surface area contributed by atoms with Crippen molar-refractivity contribution in [2.75, 3.05) is 14.2 Å². The van der Waals surface area contributed by atoms with Crippen molar-refractivity contribution >= 4 is 30.8 Å². The van der Waals surface area contributed by atoms with E-state index < -0.39 is 11.9 Å². The third-order valence-corrected chi connectivity index (χ3v) is 1.73. The van der Waals surface area contributed by atoms with Crippen LogP contribution in [0.5, 0.6) is 0 Å². The number of ether oxygens (including phenoxy) is 2. The van der Waals surface area contributed by atoms with Crippen LogP contribution in [0.2, 0.25) is 0 Å². The van der Waals surface area contributed by atoms with Crippen LogP contribution in [0.15, 0.2) is 24.3 Å². The van der Waals surface area contributed by atoms with E-state index in [0.29, 0.717) is 11.1 Å². The fraction of sp³-hybridized carbons (Fsp3) is 0.200. The summed E-state index contributed by atoms with van der Waals surface area (Å²) in [7, 11) is 2.60. The zero-order valence-electron chi connectivity index (χ0n) is 7.94. The predicted molar refractivity (Wildman–Crippen MR) is 56.3 cm³/mol. The molecule has 0 amide bonds. The summed E-state index contributed by atoms with van der Waals surface area (Å²) < 4.78 is 9.02. The second-order valence-electron chi connectivity index (χ2n) is 2.56. The number of rotatable bonds is 2. The molecule has 0 unspecified atom stereocenters. The third-order valence-electron chi connectivity index (χ3n) is 1.73. The van der Waals surface area contributed by atoms with Crippen molar-refractivity contribution in [1.82, 2.24) is 0 Å². The molecule has 0 saturated carbocycles. The van der Waals surface area contributed by atoms with E-state index in [0.717, 1.165) is 0 Å². The zero-order chi connectivity index (χ0) is 10.6. The number of hydrogen-bond donors (Lipinski definition) is 0. The molecule has 0 bridgehead atoms. The average molecular weight is 202 g/mol. The number of carbonyl (C=O) groups excluding carboxylic acids is 2. The second-order valence-corrected chi connectivity index (χ2v) is 2.56. The van der Waals surface area contributed by atoms with E-state index in [9.17, 15) is 9.59 Å². The molecule has 1 aromatic rings. The molecule has 1 rings (SSSR count). The summed E-state index contributed by atoms with van der Waals surface area (Å²) in [6.45, 7) is 0. The quantitative estimate of drug-likeness (QED) is 0.520. The van der Waals surface area contributed by atoms with Crippen molar-refractivity contribution < 1.29 is 19.1 Å². The summed E-state index contributed by atoms with van der Waals surface area (Å²) in [6.07, 6.45) is 0. The second kappa shape index (κ2) is 6.28. The van der Waals surface area contributed by atoms with Gasteiger partial charge >= 0.3 is 30.8 Å². The molecule has 1 aromatic carbocycles. The van der Waals surface area contributed by atoms with Crippen LogP contribution in [0.25, 0.3) is 0 Å². The minimum absolute atomic E-state index is 0. The Morgan fingerprint density at radius 1 is 0.867 bits per heavy atom. The molecule has 0 aromatic heterocycles. The molecular weight excluding hydrogens is 191 g/mol. The number of esters is 2. The van der Waals surface area contributed by atoms with Crippen molar-refractivity contribution in [2.24, 2.45) is 0 Å². The van der Waals surface area contributed by atoms with Gasteiger partial charge in [-0.2, -0.15) is 0 Å². The van der Waals surface area contributed by atoms with Crippen LogP contribution in [0, 0.1) is 0 Å². The van der Waals surface area contributed by atoms with Crippen molar-refractivity contribution in [3.8, 4) is 0 Å². The van der Waals surface area contributed by atoms with Crippen molar-refractivity contribution in [3.05, 3.63) is 35.4 Å². The first-order valence-electron chi connectivity index (χ1n) is 3.95. The summed E-state index contributed by atoms with van der Waals surface area (Å²) in [4.78, 5) is 22.1. The molecule has 0 atom stereocenters. The van der Waals surface area contributed by atoms with Gasteiger partial charge in [0.15, 0.2) is 0 Å². The van der Waals surface area contributed by atoms with Crippen LogP contribution in [-0.2, 0) is 9.47 Å². The van der Waals surface area contributed by atoms with Gasteiger partial charge in [-0.25, -0.2) is 9.59 Å². The summed E-state index contributed by atoms with van der Waals surface area (Å²) in [5, 5.41) is 0. The first-order valence-corrected chi connectivity index (χ1v) is 3.95. The van der Waals surface area contributed by atoms with Gasteiger partial charge < -0.3 is 9.47 Å². The minimum atomic E-state index is -0.429. The van der Waals surface area contributed by atoms with E-state index in [4.69, 9.17) is 0 Å². The Balaban J connectivity index is 0.00000196. The summed E-state index contributed by atoms with van der Waals surface area (Å²) >= 11 is 0. The van der Waals surface area contributed by atoms with Gasteiger partial charge in [-0.15, -0.1) is 0 Å². The van der Waals surface area contributed by atoms with Gasteiger partial charge in [0.05, 0.1) is 25.3 Å². The van der Waals surface area contributed by atoms with Crippen LogP contribution in [0.3, 0.4) is 0 Å². The van der Waals surface area contributed by atoms with Crippen LogP contribution in [0.4, 0.5) is 0 Å². The van der Waals surface area contributed by atoms with Crippen molar-refractivity contribution in [2.45, 2.75) is 0 Å². The predicted octanol–water partition coefficient (Wildman–Crippen LogP) is 0.611. The van der Waals surface area contributed by atoms with Gasteiger partial charge in [0.25, 0.3) is 0 Å². The normalized spacial score (nSPS) is 8.67. The van der Waals surface area contributed by atoms with E-state index in [1.165, 1.54) is 38.5 Å². The Morgan fingerprint density at radius 2 is 1.13 bits per heavy atom. The standard InChI is InChI=1S/C10H10O4.Li.H/c1-13-9(11)7-3-5-8(6-4-7)10(12)14-2;;/h3-6H,1-2H3;;. The molecule has 0 N–H and O–H groups in total. The van der Waals surface area contributed by atoms with Gasteiger partial charge in [0.2, 0.25) is 0 Å². The SMILES string of the molecule is COC(=O)c1ccc(C(=O)OC)cc1.[LiH]. The number of methoxy groups -OCH3 is 2. The van der Waals surface area contributed by atoms with E-state index >= 15 is 0 Å². The maximum atomic E-state index is 11.0. The monoisotopic (exact) mass is 202 g/mol. The van der Waals surface area contributed by atoms with Gasteiger partial charge in [-0.3, -0.25) is 0 Å². The van der Waals surface area contributed by atoms with Gasteiger partial charge in [0.1, 0.15) is 0 Å². The molecule has 0 heterocycles. The van der Waals surface area contributed by atoms with Crippen molar-refractivity contribution in [1.29, 1.82) is 0 Å². The molecule has 0 fully saturated rings. The Bertz CT molecular complexity index is 310. The van der Waals surface area contributed by atoms with E-state index in [2.05, 4.69) is 9.47 Å². The molecule has 4 nitrogen and oxygen atoms in total. The molecule has 0 saturated heterocycles. The molecule has 0 radical (unpaired) electrons. The molecule has 0 aliphatic carbocycles. The maximum absolute atomic E-state index is 11.0. The molecule has 0 aliphatic heterocycles. The summed E-state index contributed by atoms with van der Waals surface area (Å²) in [6, 6.07) is 6.05. The fourth-order valence-electron chi connectivity index (χ4n) is 0.978. The molecular formula is C10H11LiO4. The van der Waals surface area contributed by atoms with Crippen LogP contribution >= 0.6 is 0 Å². The van der Waals surface area contributed by atoms with E-state index in [1.54, 1.807) is 0 Å². The molecule has 0 spiro atoms. The molecule has 15 heavy (non-hydrogen) atoms. The first-order chi connectivity index (χ1) is 6.69. The summed E-state index contributed by atoms with van der Waals surface area (Å²) in [5.41, 5.74) is 0.806. The Hall–Kier alpha value is -1.24. The van der Waals surface area contributed by atoms with Gasteiger partial charge in [-0.1, -0.05) is 0 Å². The summed E-state index contributed by atoms with van der Waals surface area (Å²) in [5.74, 6) is -0.858. The number of carbonyl (C=O) groups is 2. The van der Waals surface area contributed by atoms with E-state index in [1.807, 2.05) is 0 Å². The molecule has 76 valence electrons. The fourth-order valence-corrected chi connectivity index (χ4v) is 0.978.